The summed E-state index contributed by atoms with van der Waals surface area (Å²) < 4.78 is 27.0. The lowest BCUT2D eigenvalue weighted by atomic mass is 10.1. The second kappa shape index (κ2) is 6.51. The van der Waals surface area contributed by atoms with Gasteiger partial charge in [0.15, 0.2) is 0 Å². The predicted octanol–water partition coefficient (Wildman–Crippen LogP) is 2.16. The Kier molecular flexibility index (Phi) is 5.64. The van der Waals surface area contributed by atoms with Crippen molar-refractivity contribution >= 4 is 8.25 Å². The average Bonchev–Trinajstić information content (AvgIpc) is 2.55. The lowest BCUT2D eigenvalue weighted by Crippen LogP contribution is -2.22. The zero-order valence-electron chi connectivity index (χ0n) is 9.43. The molecule has 4 unspecified atom stereocenters. The van der Waals surface area contributed by atoms with Gasteiger partial charge in [-0.15, -0.1) is 10.0 Å². The molecule has 0 aromatic carbocycles. The standard InChI is InChI=1S/C9H19NO4P/c1-4-8-9(6-7(3)12-8)13-15(11)14-10-5-2/h7-10H,4-6H2,1-3H3/q+1. The van der Waals surface area contributed by atoms with E-state index in [0.29, 0.717) is 6.54 Å². The molecular formula is C9H19NO4P+. The Balaban J connectivity index is 2.33. The topological polar surface area (TPSA) is 56.8 Å². The van der Waals surface area contributed by atoms with E-state index in [2.05, 4.69) is 5.48 Å². The molecule has 1 aliphatic heterocycles. The van der Waals surface area contributed by atoms with E-state index in [4.69, 9.17) is 13.9 Å². The van der Waals surface area contributed by atoms with E-state index < -0.39 is 8.25 Å². The fourth-order valence-electron chi connectivity index (χ4n) is 1.64. The monoisotopic (exact) mass is 236 g/mol. The van der Waals surface area contributed by atoms with E-state index >= 15 is 0 Å². The maximum absolute atomic E-state index is 11.3. The number of hydrogen-bond donors (Lipinski definition) is 1. The third-order valence-corrected chi connectivity index (χ3v) is 3.01. The minimum absolute atomic E-state index is 0.0316. The summed E-state index contributed by atoms with van der Waals surface area (Å²) in [6, 6.07) is 0. The average molecular weight is 236 g/mol. The third-order valence-electron chi connectivity index (χ3n) is 2.29. The molecule has 15 heavy (non-hydrogen) atoms. The molecular weight excluding hydrogens is 217 g/mol. The van der Waals surface area contributed by atoms with E-state index in [1.54, 1.807) is 0 Å². The number of ether oxygens (including phenoxy) is 1. The van der Waals surface area contributed by atoms with Crippen molar-refractivity contribution < 1.29 is 18.5 Å². The van der Waals surface area contributed by atoms with Gasteiger partial charge in [0.05, 0.1) is 12.2 Å². The van der Waals surface area contributed by atoms with Gasteiger partial charge < -0.3 is 4.74 Å². The molecule has 1 heterocycles. The molecule has 1 N–H and O–H groups in total. The first kappa shape index (κ1) is 13.0. The van der Waals surface area contributed by atoms with Crippen molar-refractivity contribution in [1.29, 1.82) is 0 Å². The van der Waals surface area contributed by atoms with Gasteiger partial charge in [-0.05, 0) is 18.0 Å². The van der Waals surface area contributed by atoms with Gasteiger partial charge in [0.2, 0.25) is 0 Å². The van der Waals surface area contributed by atoms with Crippen LogP contribution in [0.3, 0.4) is 0 Å². The van der Waals surface area contributed by atoms with Gasteiger partial charge in [-0.25, -0.2) is 0 Å². The quantitative estimate of drug-likeness (QED) is 0.565. The summed E-state index contributed by atoms with van der Waals surface area (Å²) in [5.74, 6) is 0. The lowest BCUT2D eigenvalue weighted by Gasteiger charge is -2.10. The van der Waals surface area contributed by atoms with Crippen LogP contribution >= 0.6 is 8.25 Å². The first-order valence-electron chi connectivity index (χ1n) is 5.36. The highest BCUT2D eigenvalue weighted by Gasteiger charge is 2.40. The van der Waals surface area contributed by atoms with Crippen LogP contribution in [0, 0.1) is 0 Å². The Bertz CT molecular complexity index is 214. The number of hydroxylamine groups is 1. The van der Waals surface area contributed by atoms with Gasteiger partial charge in [0.25, 0.3) is 0 Å². The largest absolute Gasteiger partial charge is 0.716 e. The third kappa shape index (κ3) is 4.13. The minimum atomic E-state index is -2.09. The molecule has 4 atom stereocenters. The van der Waals surface area contributed by atoms with E-state index in [1.807, 2.05) is 20.8 Å². The van der Waals surface area contributed by atoms with Gasteiger partial charge >= 0.3 is 8.25 Å². The van der Waals surface area contributed by atoms with Crippen LogP contribution in [0.1, 0.15) is 33.6 Å². The van der Waals surface area contributed by atoms with E-state index in [1.165, 1.54) is 0 Å². The second-order valence-corrected chi connectivity index (χ2v) is 4.43. The maximum atomic E-state index is 11.3. The summed E-state index contributed by atoms with van der Waals surface area (Å²) in [6.45, 7) is 6.47. The van der Waals surface area contributed by atoms with Crippen molar-refractivity contribution in [2.75, 3.05) is 6.54 Å². The Hall–Kier alpha value is -0.0600. The van der Waals surface area contributed by atoms with Crippen LogP contribution in [-0.4, -0.2) is 24.9 Å². The number of hydrogen-bond acceptors (Lipinski definition) is 5. The van der Waals surface area contributed by atoms with Crippen LogP contribution in [-0.2, 0) is 18.5 Å². The molecule has 0 bridgehead atoms. The molecule has 0 aromatic rings. The van der Waals surface area contributed by atoms with Crippen molar-refractivity contribution in [3.8, 4) is 0 Å². The molecule has 88 valence electrons. The summed E-state index contributed by atoms with van der Waals surface area (Å²) >= 11 is 0. The first-order chi connectivity index (χ1) is 7.17. The normalized spacial score (nSPS) is 31.9. The SMILES string of the molecule is CCNO[P+](=O)OC1CC(C)OC1CC. The molecule has 0 amide bonds. The van der Waals surface area contributed by atoms with Crippen molar-refractivity contribution in [2.24, 2.45) is 0 Å². The Morgan fingerprint density at radius 2 is 2.27 bits per heavy atom. The van der Waals surface area contributed by atoms with E-state index in [-0.39, 0.29) is 18.3 Å². The molecule has 0 spiro atoms. The molecule has 0 aromatic heterocycles. The number of nitrogens with one attached hydrogen (secondary N) is 1. The van der Waals surface area contributed by atoms with Crippen LogP contribution in [0.15, 0.2) is 0 Å². The van der Waals surface area contributed by atoms with E-state index in [9.17, 15) is 4.57 Å². The van der Waals surface area contributed by atoms with Crippen molar-refractivity contribution in [3.05, 3.63) is 0 Å². The number of rotatable bonds is 6. The fourth-order valence-corrected chi connectivity index (χ4v) is 2.36. The molecule has 1 fully saturated rings. The summed E-state index contributed by atoms with van der Waals surface area (Å²) in [6.07, 6.45) is 1.72. The molecule has 0 saturated carbocycles. The zero-order valence-corrected chi connectivity index (χ0v) is 10.3. The zero-order chi connectivity index (χ0) is 11.3. The van der Waals surface area contributed by atoms with E-state index in [0.717, 1.165) is 12.8 Å². The Morgan fingerprint density at radius 1 is 1.53 bits per heavy atom. The van der Waals surface area contributed by atoms with Crippen molar-refractivity contribution in [3.63, 3.8) is 0 Å². The smallest absolute Gasteiger partial charge is 0.372 e. The second-order valence-electron chi connectivity index (χ2n) is 3.59. The highest BCUT2D eigenvalue weighted by Crippen LogP contribution is 2.33. The molecule has 1 rings (SSSR count). The molecule has 6 heteroatoms. The van der Waals surface area contributed by atoms with Gasteiger partial charge in [0, 0.05) is 17.5 Å². The predicted molar refractivity (Wildman–Crippen MR) is 56.5 cm³/mol. The summed E-state index contributed by atoms with van der Waals surface area (Å²) in [4.78, 5) is 0. The molecule has 0 radical (unpaired) electrons. The van der Waals surface area contributed by atoms with Gasteiger partial charge in [0.1, 0.15) is 6.10 Å². The Labute approximate surface area is 91.4 Å². The summed E-state index contributed by atoms with van der Waals surface area (Å²) in [5.41, 5.74) is 2.52. The maximum Gasteiger partial charge on any atom is 0.716 e. The van der Waals surface area contributed by atoms with Crippen molar-refractivity contribution in [1.82, 2.24) is 5.48 Å². The summed E-state index contributed by atoms with van der Waals surface area (Å²) in [7, 11) is -2.09. The highest BCUT2D eigenvalue weighted by atomic mass is 31.1. The molecule has 0 aliphatic carbocycles. The van der Waals surface area contributed by atoms with Gasteiger partial charge in [-0.2, -0.15) is 0 Å². The Morgan fingerprint density at radius 3 is 2.87 bits per heavy atom. The van der Waals surface area contributed by atoms with Crippen LogP contribution in [0.25, 0.3) is 0 Å². The van der Waals surface area contributed by atoms with Crippen LogP contribution < -0.4 is 5.48 Å². The highest BCUT2D eigenvalue weighted by molar-refractivity contribution is 7.33. The fraction of sp³-hybridized carbons (Fsp3) is 1.00. The lowest BCUT2D eigenvalue weighted by molar-refractivity contribution is 0.0167. The summed E-state index contributed by atoms with van der Waals surface area (Å²) in [5, 5.41) is 0. The molecule has 1 saturated heterocycles. The van der Waals surface area contributed by atoms with Crippen LogP contribution in [0.2, 0.25) is 0 Å². The van der Waals surface area contributed by atoms with Crippen LogP contribution in [0.5, 0.6) is 0 Å². The molecule has 1 aliphatic rings. The van der Waals surface area contributed by atoms with Crippen molar-refractivity contribution in [2.45, 2.75) is 51.9 Å². The minimum Gasteiger partial charge on any atom is -0.372 e. The van der Waals surface area contributed by atoms with Gasteiger partial charge in [-0.3, -0.25) is 0 Å². The van der Waals surface area contributed by atoms with Crippen LogP contribution in [0.4, 0.5) is 0 Å². The first-order valence-corrected chi connectivity index (χ1v) is 6.46. The molecule has 5 nitrogen and oxygen atoms in total. The van der Waals surface area contributed by atoms with Gasteiger partial charge in [-0.1, -0.05) is 13.8 Å².